The summed E-state index contributed by atoms with van der Waals surface area (Å²) in [5.74, 6) is -0.149. The highest BCUT2D eigenvalue weighted by Gasteiger charge is 2.21. The molecular weight excluding hydrogens is 232 g/mol. The lowest BCUT2D eigenvalue weighted by atomic mass is 10.1. The Hall–Kier alpha value is -2.08. The van der Waals surface area contributed by atoms with Crippen molar-refractivity contribution in [2.75, 3.05) is 7.05 Å². The third-order valence-electron chi connectivity index (χ3n) is 2.73. The second kappa shape index (κ2) is 5.05. The number of rotatable bonds is 4. The summed E-state index contributed by atoms with van der Waals surface area (Å²) in [5.41, 5.74) is 7.56. The molecule has 0 spiro atoms. The Kier molecular flexibility index (Phi) is 3.47. The molecule has 96 valence electrons. The van der Waals surface area contributed by atoms with Crippen LogP contribution >= 0.6 is 0 Å². The monoisotopic (exact) mass is 248 g/mol. The largest absolute Gasteiger partial charge is 0.472 e. The van der Waals surface area contributed by atoms with Crippen LogP contribution in [0.25, 0.3) is 0 Å². The predicted octanol–water partition coefficient (Wildman–Crippen LogP) is 0.671. The lowest BCUT2D eigenvalue weighted by molar-refractivity contribution is -0.131. The van der Waals surface area contributed by atoms with E-state index in [4.69, 9.17) is 10.2 Å². The van der Waals surface area contributed by atoms with E-state index in [-0.39, 0.29) is 5.91 Å². The third kappa shape index (κ3) is 2.60. The van der Waals surface area contributed by atoms with E-state index in [2.05, 4.69) is 5.10 Å². The summed E-state index contributed by atoms with van der Waals surface area (Å²) < 4.78 is 6.58. The van der Waals surface area contributed by atoms with Crippen molar-refractivity contribution >= 4 is 5.91 Å². The van der Waals surface area contributed by atoms with Crippen LogP contribution in [-0.2, 0) is 18.4 Å². The number of nitrogens with zero attached hydrogens (tertiary/aromatic N) is 3. The molecule has 0 saturated carbocycles. The molecule has 1 atom stereocenters. The number of amides is 1. The van der Waals surface area contributed by atoms with Gasteiger partial charge in [-0.25, -0.2) is 0 Å². The molecule has 0 bridgehead atoms. The molecule has 2 heterocycles. The van der Waals surface area contributed by atoms with E-state index >= 15 is 0 Å². The van der Waals surface area contributed by atoms with Crippen LogP contribution in [0.15, 0.2) is 35.4 Å². The number of furan rings is 1. The van der Waals surface area contributed by atoms with E-state index in [0.29, 0.717) is 12.1 Å². The summed E-state index contributed by atoms with van der Waals surface area (Å²) >= 11 is 0. The first-order chi connectivity index (χ1) is 8.58. The molecule has 0 aliphatic carbocycles. The number of carbonyl (C=O) groups is 1. The number of aryl methyl sites for hydroxylation is 1. The molecule has 6 heteroatoms. The normalized spacial score (nSPS) is 12.4. The summed E-state index contributed by atoms with van der Waals surface area (Å²) in [6, 6.07) is 1.13. The number of likely N-dealkylation sites (N-methyl/N-ethyl adjacent to an activating group) is 1. The fourth-order valence-electron chi connectivity index (χ4n) is 1.72. The van der Waals surface area contributed by atoms with Gasteiger partial charge in [0.15, 0.2) is 0 Å². The molecule has 1 amide bonds. The number of carbonyl (C=O) groups excluding carboxylic acids is 1. The van der Waals surface area contributed by atoms with Crippen molar-refractivity contribution in [3.63, 3.8) is 0 Å². The Morgan fingerprint density at radius 1 is 1.67 bits per heavy atom. The molecule has 0 aliphatic heterocycles. The number of hydrogen-bond donors (Lipinski definition) is 1. The maximum atomic E-state index is 12.1. The summed E-state index contributed by atoms with van der Waals surface area (Å²) in [6.07, 6.45) is 6.54. The van der Waals surface area contributed by atoms with Crippen molar-refractivity contribution in [2.24, 2.45) is 12.8 Å². The van der Waals surface area contributed by atoms with Gasteiger partial charge >= 0.3 is 0 Å². The first kappa shape index (κ1) is 12.4. The van der Waals surface area contributed by atoms with Gasteiger partial charge in [-0.3, -0.25) is 9.48 Å². The Morgan fingerprint density at radius 3 is 3.00 bits per heavy atom. The van der Waals surface area contributed by atoms with E-state index in [1.807, 2.05) is 6.07 Å². The van der Waals surface area contributed by atoms with Gasteiger partial charge in [-0.2, -0.15) is 5.10 Å². The molecule has 2 aromatic heterocycles. The highest BCUT2D eigenvalue weighted by Crippen LogP contribution is 2.13. The van der Waals surface area contributed by atoms with Crippen LogP contribution in [-0.4, -0.2) is 27.6 Å². The molecule has 0 radical (unpaired) electrons. The number of aromatic nitrogens is 2. The van der Waals surface area contributed by atoms with Crippen LogP contribution in [0.4, 0.5) is 0 Å². The molecule has 1 unspecified atom stereocenters. The van der Waals surface area contributed by atoms with Crippen LogP contribution in [0.3, 0.4) is 0 Å². The van der Waals surface area contributed by atoms with Crippen molar-refractivity contribution in [1.29, 1.82) is 0 Å². The fraction of sp³-hybridized carbons (Fsp3) is 0.333. The molecule has 2 rings (SSSR count). The lowest BCUT2D eigenvalue weighted by Gasteiger charge is -2.19. The number of hydrogen-bond acceptors (Lipinski definition) is 4. The van der Waals surface area contributed by atoms with Crippen LogP contribution < -0.4 is 5.73 Å². The van der Waals surface area contributed by atoms with E-state index in [9.17, 15) is 4.79 Å². The highest BCUT2D eigenvalue weighted by molar-refractivity contribution is 5.82. The van der Waals surface area contributed by atoms with Crippen molar-refractivity contribution in [2.45, 2.75) is 12.6 Å². The van der Waals surface area contributed by atoms with E-state index < -0.39 is 6.04 Å². The Morgan fingerprint density at radius 2 is 2.44 bits per heavy atom. The average molecular weight is 248 g/mol. The predicted molar refractivity (Wildman–Crippen MR) is 65.3 cm³/mol. The Labute approximate surface area is 105 Å². The molecule has 0 aromatic carbocycles. The second-order valence-corrected chi connectivity index (χ2v) is 4.25. The van der Waals surface area contributed by atoms with E-state index in [1.165, 1.54) is 0 Å². The quantitative estimate of drug-likeness (QED) is 0.862. The summed E-state index contributed by atoms with van der Waals surface area (Å²) in [5, 5.41) is 4.01. The summed E-state index contributed by atoms with van der Waals surface area (Å²) in [7, 11) is 3.50. The standard InChI is InChI=1S/C12H16N4O2/c1-15(6-9-3-4-18-8-9)12(17)11(13)10-5-14-16(2)7-10/h3-5,7-8,11H,6,13H2,1-2H3. The molecule has 2 aromatic rings. The summed E-state index contributed by atoms with van der Waals surface area (Å²) in [6.45, 7) is 0.475. The van der Waals surface area contributed by atoms with Crippen LogP contribution in [0, 0.1) is 0 Å². The molecule has 0 aliphatic rings. The molecule has 18 heavy (non-hydrogen) atoms. The van der Waals surface area contributed by atoms with E-state index in [0.717, 1.165) is 5.56 Å². The van der Waals surface area contributed by atoms with Crippen molar-refractivity contribution in [1.82, 2.24) is 14.7 Å². The van der Waals surface area contributed by atoms with Gasteiger partial charge in [-0.15, -0.1) is 0 Å². The van der Waals surface area contributed by atoms with Crippen LogP contribution in [0.1, 0.15) is 17.2 Å². The van der Waals surface area contributed by atoms with Crippen LogP contribution in [0.5, 0.6) is 0 Å². The molecular formula is C12H16N4O2. The topological polar surface area (TPSA) is 77.3 Å². The van der Waals surface area contributed by atoms with Gasteiger partial charge in [0, 0.05) is 38.0 Å². The second-order valence-electron chi connectivity index (χ2n) is 4.25. The Balaban J connectivity index is 2.02. The maximum absolute atomic E-state index is 12.1. The fourth-order valence-corrected chi connectivity index (χ4v) is 1.72. The highest BCUT2D eigenvalue weighted by atomic mass is 16.3. The molecule has 0 fully saturated rings. The molecule has 2 N–H and O–H groups in total. The average Bonchev–Trinajstić information content (AvgIpc) is 2.98. The van der Waals surface area contributed by atoms with Gasteiger partial charge < -0.3 is 15.1 Å². The maximum Gasteiger partial charge on any atom is 0.244 e. The zero-order valence-electron chi connectivity index (χ0n) is 10.4. The van der Waals surface area contributed by atoms with Crippen molar-refractivity contribution in [3.8, 4) is 0 Å². The third-order valence-corrected chi connectivity index (χ3v) is 2.73. The Bertz CT molecular complexity index is 518. The van der Waals surface area contributed by atoms with Gasteiger partial charge in [-0.05, 0) is 6.07 Å². The first-order valence-corrected chi connectivity index (χ1v) is 5.58. The minimum atomic E-state index is -0.685. The molecule has 6 nitrogen and oxygen atoms in total. The smallest absolute Gasteiger partial charge is 0.244 e. The van der Waals surface area contributed by atoms with E-state index in [1.54, 1.807) is 48.6 Å². The number of nitrogens with two attached hydrogens (primary N) is 1. The zero-order chi connectivity index (χ0) is 13.1. The SMILES string of the molecule is CN(Cc1ccoc1)C(=O)C(N)c1cnn(C)c1. The van der Waals surface area contributed by atoms with Gasteiger partial charge in [0.05, 0.1) is 18.7 Å². The van der Waals surface area contributed by atoms with Gasteiger partial charge in [0.1, 0.15) is 6.04 Å². The zero-order valence-corrected chi connectivity index (χ0v) is 10.4. The molecule has 0 saturated heterocycles. The minimum absolute atomic E-state index is 0.149. The first-order valence-electron chi connectivity index (χ1n) is 5.58. The van der Waals surface area contributed by atoms with Crippen molar-refractivity contribution < 1.29 is 9.21 Å². The summed E-state index contributed by atoms with van der Waals surface area (Å²) in [4.78, 5) is 13.7. The van der Waals surface area contributed by atoms with Gasteiger partial charge in [0.25, 0.3) is 0 Å². The minimum Gasteiger partial charge on any atom is -0.472 e. The van der Waals surface area contributed by atoms with Crippen LogP contribution in [0.2, 0.25) is 0 Å². The van der Waals surface area contributed by atoms with Gasteiger partial charge in [0.2, 0.25) is 5.91 Å². The van der Waals surface area contributed by atoms with Crippen molar-refractivity contribution in [3.05, 3.63) is 42.1 Å². The lowest BCUT2D eigenvalue weighted by Crippen LogP contribution is -2.35. The van der Waals surface area contributed by atoms with Gasteiger partial charge in [-0.1, -0.05) is 0 Å².